The first-order valence-electron chi connectivity index (χ1n) is 9.10. The average molecular weight is 445 g/mol. The van der Waals surface area contributed by atoms with E-state index in [1.165, 1.54) is 36.4 Å². The number of hydrogen-bond acceptors (Lipinski definition) is 5. The Morgan fingerprint density at radius 1 is 1.10 bits per heavy atom. The predicted molar refractivity (Wildman–Crippen MR) is 109 cm³/mol. The van der Waals surface area contributed by atoms with E-state index in [0.717, 1.165) is 28.2 Å². The van der Waals surface area contributed by atoms with Gasteiger partial charge in [0.25, 0.3) is 5.91 Å². The van der Waals surface area contributed by atoms with Crippen LogP contribution in [0.2, 0.25) is 0 Å². The molecule has 4 aromatic rings. The van der Waals surface area contributed by atoms with E-state index in [9.17, 15) is 22.8 Å². The van der Waals surface area contributed by atoms with Crippen LogP contribution in [0.5, 0.6) is 0 Å². The molecular weight excluding hydrogens is 431 g/mol. The molecule has 31 heavy (non-hydrogen) atoms. The van der Waals surface area contributed by atoms with Crippen LogP contribution in [0.15, 0.2) is 57.7 Å². The number of benzene rings is 2. The molecule has 0 fully saturated rings. The number of carbonyl (C=O) groups excluding carboxylic acids is 1. The van der Waals surface area contributed by atoms with Crippen molar-refractivity contribution in [3.8, 4) is 21.9 Å². The summed E-state index contributed by atoms with van der Waals surface area (Å²) in [7, 11) is 0. The van der Waals surface area contributed by atoms with Crippen LogP contribution in [0.3, 0.4) is 0 Å². The van der Waals surface area contributed by atoms with E-state index < -0.39 is 34.8 Å². The number of rotatable bonds is 5. The highest BCUT2D eigenvalue weighted by Crippen LogP contribution is 2.33. The first kappa shape index (κ1) is 20.6. The molecule has 0 spiro atoms. The van der Waals surface area contributed by atoms with Gasteiger partial charge in [0.15, 0.2) is 0 Å². The molecule has 2 aromatic heterocycles. The van der Waals surface area contributed by atoms with E-state index in [1.54, 1.807) is 6.92 Å². The molecule has 0 saturated carbocycles. The van der Waals surface area contributed by atoms with Crippen molar-refractivity contribution in [3.63, 3.8) is 0 Å². The Kier molecular flexibility index (Phi) is 5.47. The number of nitrogens with zero attached hydrogens (tertiary/aromatic N) is 2. The van der Waals surface area contributed by atoms with Crippen LogP contribution in [0.25, 0.3) is 21.9 Å². The van der Waals surface area contributed by atoms with Gasteiger partial charge < -0.3 is 9.73 Å². The second kappa shape index (κ2) is 8.23. The number of hydrogen-bond donors (Lipinski definition) is 1. The van der Waals surface area contributed by atoms with Crippen LogP contribution >= 0.6 is 11.3 Å². The highest BCUT2D eigenvalue weighted by atomic mass is 32.1. The number of anilines is 1. The highest BCUT2D eigenvalue weighted by Gasteiger charge is 2.18. The SMILES string of the molecule is CCn1nc(-c2ccc(F)c(-c3ccc(C(=O)Nc4c(F)cccc4F)s3)c2)oc1=O. The second-order valence-electron chi connectivity index (χ2n) is 6.40. The monoisotopic (exact) mass is 445 g/mol. The van der Waals surface area contributed by atoms with Gasteiger partial charge in [0, 0.05) is 22.5 Å². The van der Waals surface area contributed by atoms with E-state index in [-0.39, 0.29) is 16.3 Å². The van der Waals surface area contributed by atoms with Gasteiger partial charge in [0.2, 0.25) is 5.89 Å². The Labute approximate surface area is 177 Å². The van der Waals surface area contributed by atoms with Crippen LogP contribution in [0, 0.1) is 17.5 Å². The van der Waals surface area contributed by atoms with Gasteiger partial charge >= 0.3 is 5.76 Å². The molecular formula is C21H14F3N3O3S. The van der Waals surface area contributed by atoms with Crippen molar-refractivity contribution in [2.75, 3.05) is 5.32 Å². The topological polar surface area (TPSA) is 77.1 Å². The molecule has 4 rings (SSSR count). The summed E-state index contributed by atoms with van der Waals surface area (Å²) in [6, 6.07) is 10.2. The molecule has 2 aromatic carbocycles. The lowest BCUT2D eigenvalue weighted by atomic mass is 10.1. The number of aryl methyl sites for hydroxylation is 1. The number of nitrogens with one attached hydrogen (secondary N) is 1. The fourth-order valence-electron chi connectivity index (χ4n) is 2.87. The van der Waals surface area contributed by atoms with Gasteiger partial charge in [-0.15, -0.1) is 16.4 Å². The zero-order valence-electron chi connectivity index (χ0n) is 16.0. The van der Waals surface area contributed by atoms with Crippen molar-refractivity contribution in [2.45, 2.75) is 13.5 Å². The second-order valence-corrected chi connectivity index (χ2v) is 7.48. The standard InChI is InChI=1S/C21H14F3N3O3S/c1-2-27-21(29)30-20(26-27)11-6-7-13(22)12(10-11)16-8-9-17(31-16)19(28)25-18-14(23)4-3-5-15(18)24/h3-10H,2H2,1H3,(H,25,28). The third-order valence-electron chi connectivity index (χ3n) is 4.42. The third kappa shape index (κ3) is 4.02. The van der Waals surface area contributed by atoms with Crippen LogP contribution in [0.4, 0.5) is 18.9 Å². The fourth-order valence-corrected chi connectivity index (χ4v) is 3.79. The summed E-state index contributed by atoms with van der Waals surface area (Å²) in [5.74, 6) is -3.69. The fraction of sp³-hybridized carbons (Fsp3) is 0.0952. The molecule has 1 N–H and O–H groups in total. The number of amides is 1. The third-order valence-corrected chi connectivity index (χ3v) is 5.53. The first-order valence-corrected chi connectivity index (χ1v) is 9.92. The summed E-state index contributed by atoms with van der Waals surface area (Å²) in [5, 5.41) is 6.24. The molecule has 10 heteroatoms. The normalized spacial score (nSPS) is 11.0. The quantitative estimate of drug-likeness (QED) is 0.473. The number of aromatic nitrogens is 2. The van der Waals surface area contributed by atoms with E-state index in [2.05, 4.69) is 10.4 Å². The maximum Gasteiger partial charge on any atom is 0.437 e. The largest absolute Gasteiger partial charge is 0.437 e. The maximum absolute atomic E-state index is 14.5. The number of carbonyl (C=O) groups is 1. The van der Waals surface area contributed by atoms with Crippen molar-refractivity contribution in [1.82, 2.24) is 9.78 Å². The van der Waals surface area contributed by atoms with Gasteiger partial charge in [-0.25, -0.2) is 18.0 Å². The van der Waals surface area contributed by atoms with E-state index in [1.807, 2.05) is 0 Å². The van der Waals surface area contributed by atoms with Crippen molar-refractivity contribution in [1.29, 1.82) is 0 Å². The molecule has 158 valence electrons. The van der Waals surface area contributed by atoms with Gasteiger partial charge in [-0.05, 0) is 49.4 Å². The summed E-state index contributed by atoms with van der Waals surface area (Å²) in [6.45, 7) is 2.05. The summed E-state index contributed by atoms with van der Waals surface area (Å²) in [5.41, 5.74) is -0.0157. The molecule has 0 saturated heterocycles. The number of halogens is 3. The summed E-state index contributed by atoms with van der Waals surface area (Å²) < 4.78 is 48.2. The Hall–Kier alpha value is -3.66. The van der Waals surface area contributed by atoms with Crippen LogP contribution in [-0.2, 0) is 6.54 Å². The molecule has 0 aliphatic carbocycles. The lowest BCUT2D eigenvalue weighted by molar-refractivity contribution is 0.102. The molecule has 0 atom stereocenters. The lowest BCUT2D eigenvalue weighted by Crippen LogP contribution is -2.13. The van der Waals surface area contributed by atoms with E-state index in [4.69, 9.17) is 4.42 Å². The van der Waals surface area contributed by atoms with Gasteiger partial charge in [0.05, 0.1) is 4.88 Å². The van der Waals surface area contributed by atoms with Gasteiger partial charge in [-0.2, -0.15) is 4.68 Å². The Morgan fingerprint density at radius 2 is 1.84 bits per heavy atom. The molecule has 1 amide bonds. The summed E-state index contributed by atoms with van der Waals surface area (Å²) >= 11 is 0.941. The number of thiophene rings is 1. The highest BCUT2D eigenvalue weighted by molar-refractivity contribution is 7.17. The maximum atomic E-state index is 14.5. The zero-order chi connectivity index (χ0) is 22.1. The lowest BCUT2D eigenvalue weighted by Gasteiger charge is -2.06. The molecule has 0 radical (unpaired) electrons. The van der Waals surface area contributed by atoms with Gasteiger partial charge in [-0.3, -0.25) is 4.79 Å². The first-order chi connectivity index (χ1) is 14.9. The van der Waals surface area contributed by atoms with E-state index in [0.29, 0.717) is 17.0 Å². The van der Waals surface area contributed by atoms with Gasteiger partial charge in [0.1, 0.15) is 23.1 Å². The summed E-state index contributed by atoms with van der Waals surface area (Å²) in [6.07, 6.45) is 0. The molecule has 2 heterocycles. The minimum Gasteiger partial charge on any atom is -0.388 e. The average Bonchev–Trinajstić information content (AvgIpc) is 3.38. The smallest absolute Gasteiger partial charge is 0.388 e. The van der Waals surface area contributed by atoms with Crippen LogP contribution in [0.1, 0.15) is 16.6 Å². The Bertz CT molecular complexity index is 1320. The molecule has 0 unspecified atom stereocenters. The van der Waals surface area contributed by atoms with Gasteiger partial charge in [-0.1, -0.05) is 6.07 Å². The van der Waals surface area contributed by atoms with Crippen molar-refractivity contribution in [3.05, 3.63) is 81.4 Å². The van der Waals surface area contributed by atoms with Crippen LogP contribution in [-0.4, -0.2) is 15.7 Å². The molecule has 0 aliphatic heterocycles. The minimum atomic E-state index is -0.906. The summed E-state index contributed by atoms with van der Waals surface area (Å²) in [4.78, 5) is 24.7. The van der Waals surface area contributed by atoms with E-state index >= 15 is 0 Å². The molecule has 0 aliphatic rings. The molecule has 6 nitrogen and oxygen atoms in total. The zero-order valence-corrected chi connectivity index (χ0v) is 16.8. The number of para-hydroxylation sites is 1. The Morgan fingerprint density at radius 3 is 2.52 bits per heavy atom. The minimum absolute atomic E-state index is 0.0395. The Balaban J connectivity index is 1.64. The van der Waals surface area contributed by atoms with Crippen molar-refractivity contribution < 1.29 is 22.4 Å². The molecule has 0 bridgehead atoms. The van der Waals surface area contributed by atoms with Crippen LogP contribution < -0.4 is 11.1 Å². The predicted octanol–water partition coefficient (Wildman–Crippen LogP) is 4.92. The van der Waals surface area contributed by atoms with Crippen molar-refractivity contribution >= 4 is 22.9 Å². The van der Waals surface area contributed by atoms with Crippen molar-refractivity contribution in [2.24, 2.45) is 0 Å².